The highest BCUT2D eigenvalue weighted by Crippen LogP contribution is 2.29. The predicted molar refractivity (Wildman–Crippen MR) is 85.3 cm³/mol. The van der Waals surface area contributed by atoms with Crippen LogP contribution in [0, 0.1) is 0 Å². The molecule has 0 spiro atoms. The minimum absolute atomic E-state index is 0.493. The molecule has 2 aromatic rings. The van der Waals surface area contributed by atoms with Crippen molar-refractivity contribution in [3.63, 3.8) is 0 Å². The van der Waals surface area contributed by atoms with Gasteiger partial charge in [-0.05, 0) is 29.5 Å². The van der Waals surface area contributed by atoms with Gasteiger partial charge in [-0.15, -0.1) is 11.3 Å². The van der Waals surface area contributed by atoms with Gasteiger partial charge in [0, 0.05) is 54.2 Å². The van der Waals surface area contributed by atoms with Crippen LogP contribution in [0.15, 0.2) is 29.9 Å². The van der Waals surface area contributed by atoms with E-state index < -0.39 is 0 Å². The fourth-order valence-corrected chi connectivity index (χ4v) is 3.52. The lowest BCUT2D eigenvalue weighted by Crippen LogP contribution is -2.31. The number of hydrogen-bond acceptors (Lipinski definition) is 4. The van der Waals surface area contributed by atoms with Crippen molar-refractivity contribution in [2.75, 3.05) is 11.4 Å². The van der Waals surface area contributed by atoms with E-state index in [0.29, 0.717) is 6.04 Å². The van der Waals surface area contributed by atoms with Crippen LogP contribution < -0.4 is 10.2 Å². The Morgan fingerprint density at radius 1 is 1.40 bits per heavy atom. The Balaban J connectivity index is 1.80. The first-order chi connectivity index (χ1) is 9.74. The number of aromatic nitrogens is 1. The van der Waals surface area contributed by atoms with Crippen LogP contribution in [0.5, 0.6) is 0 Å². The van der Waals surface area contributed by atoms with Gasteiger partial charge in [0.25, 0.3) is 0 Å². The molecule has 1 aliphatic heterocycles. The summed E-state index contributed by atoms with van der Waals surface area (Å²) in [6, 6.07) is 4.90. The summed E-state index contributed by atoms with van der Waals surface area (Å²) in [5, 5.41) is 5.70. The number of pyridine rings is 1. The van der Waals surface area contributed by atoms with E-state index in [9.17, 15) is 0 Å². The molecule has 1 N–H and O–H groups in total. The van der Waals surface area contributed by atoms with Gasteiger partial charge in [0.2, 0.25) is 0 Å². The average Bonchev–Trinajstić information content (AvgIpc) is 2.92. The molecule has 3 rings (SSSR count). The van der Waals surface area contributed by atoms with E-state index >= 15 is 0 Å². The van der Waals surface area contributed by atoms with Crippen molar-refractivity contribution >= 4 is 17.0 Å². The molecule has 0 aromatic carbocycles. The number of hydrogen-bond donors (Lipinski definition) is 1. The van der Waals surface area contributed by atoms with Crippen molar-refractivity contribution < 1.29 is 0 Å². The molecule has 2 aromatic heterocycles. The quantitative estimate of drug-likeness (QED) is 0.936. The number of rotatable bonds is 4. The van der Waals surface area contributed by atoms with Crippen molar-refractivity contribution in [2.45, 2.75) is 39.4 Å². The van der Waals surface area contributed by atoms with Crippen LogP contribution in [0.3, 0.4) is 0 Å². The number of thiophene rings is 1. The van der Waals surface area contributed by atoms with Crippen molar-refractivity contribution in [1.82, 2.24) is 10.3 Å². The Labute approximate surface area is 124 Å². The maximum Gasteiger partial charge on any atom is 0.0445 e. The Morgan fingerprint density at radius 2 is 2.30 bits per heavy atom. The SMILES string of the molecule is CC(C)NCc1cnccc1N1CCc2sccc2C1. The molecule has 0 bridgehead atoms. The summed E-state index contributed by atoms with van der Waals surface area (Å²) >= 11 is 1.89. The lowest BCUT2D eigenvalue weighted by Gasteiger charge is -2.30. The van der Waals surface area contributed by atoms with E-state index in [0.717, 1.165) is 26.1 Å². The summed E-state index contributed by atoms with van der Waals surface area (Å²) in [4.78, 5) is 8.32. The van der Waals surface area contributed by atoms with Crippen LogP contribution in [0.1, 0.15) is 29.9 Å². The fourth-order valence-electron chi connectivity index (χ4n) is 2.63. The minimum Gasteiger partial charge on any atom is -0.366 e. The van der Waals surface area contributed by atoms with Crippen molar-refractivity contribution in [2.24, 2.45) is 0 Å². The molecule has 0 unspecified atom stereocenters. The Morgan fingerprint density at radius 3 is 3.15 bits per heavy atom. The first kappa shape index (κ1) is 13.6. The molecule has 0 saturated heterocycles. The van der Waals surface area contributed by atoms with Crippen LogP contribution in [0.2, 0.25) is 0 Å². The Bertz CT molecular complexity index is 577. The summed E-state index contributed by atoms with van der Waals surface area (Å²) < 4.78 is 0. The molecule has 3 nitrogen and oxygen atoms in total. The first-order valence-electron chi connectivity index (χ1n) is 7.20. The molecule has 0 aliphatic carbocycles. The third kappa shape index (κ3) is 2.86. The number of fused-ring (bicyclic) bond motifs is 1. The van der Waals surface area contributed by atoms with Gasteiger partial charge < -0.3 is 10.2 Å². The minimum atomic E-state index is 0.493. The van der Waals surface area contributed by atoms with Gasteiger partial charge in [-0.1, -0.05) is 13.8 Å². The maximum atomic E-state index is 4.29. The molecular formula is C16H21N3S. The molecule has 0 atom stereocenters. The third-order valence-electron chi connectivity index (χ3n) is 3.73. The normalized spacial score (nSPS) is 14.7. The third-order valence-corrected chi connectivity index (χ3v) is 4.75. The van der Waals surface area contributed by atoms with Gasteiger partial charge in [-0.2, -0.15) is 0 Å². The zero-order valence-electron chi connectivity index (χ0n) is 12.1. The topological polar surface area (TPSA) is 28.2 Å². The second-order valence-electron chi connectivity index (χ2n) is 5.58. The van der Waals surface area contributed by atoms with Gasteiger partial charge in [-0.25, -0.2) is 0 Å². The highest BCUT2D eigenvalue weighted by molar-refractivity contribution is 7.10. The lowest BCUT2D eigenvalue weighted by molar-refractivity contribution is 0.586. The summed E-state index contributed by atoms with van der Waals surface area (Å²) in [6.45, 7) is 7.36. The number of nitrogens with one attached hydrogen (secondary N) is 1. The summed E-state index contributed by atoms with van der Waals surface area (Å²) in [5.41, 5.74) is 4.10. The summed E-state index contributed by atoms with van der Waals surface area (Å²) in [7, 11) is 0. The number of anilines is 1. The second kappa shape index (κ2) is 5.94. The molecule has 1 aliphatic rings. The molecule has 106 valence electrons. The van der Waals surface area contributed by atoms with Crippen LogP contribution >= 0.6 is 11.3 Å². The molecule has 0 fully saturated rings. The van der Waals surface area contributed by atoms with Gasteiger partial charge in [0.15, 0.2) is 0 Å². The van der Waals surface area contributed by atoms with E-state index in [4.69, 9.17) is 0 Å². The van der Waals surface area contributed by atoms with E-state index in [1.807, 2.05) is 23.7 Å². The van der Waals surface area contributed by atoms with Crippen molar-refractivity contribution in [3.05, 3.63) is 45.9 Å². The Kier molecular flexibility index (Phi) is 4.03. The second-order valence-corrected chi connectivity index (χ2v) is 6.58. The van der Waals surface area contributed by atoms with E-state index in [1.54, 1.807) is 4.88 Å². The monoisotopic (exact) mass is 287 g/mol. The molecule has 0 saturated carbocycles. The van der Waals surface area contributed by atoms with Crippen LogP contribution in [-0.2, 0) is 19.5 Å². The van der Waals surface area contributed by atoms with Crippen LogP contribution in [0.4, 0.5) is 5.69 Å². The van der Waals surface area contributed by atoms with Crippen LogP contribution in [0.25, 0.3) is 0 Å². The summed E-state index contributed by atoms with van der Waals surface area (Å²) in [6.07, 6.45) is 5.05. The number of nitrogens with zero attached hydrogens (tertiary/aromatic N) is 2. The fraction of sp³-hybridized carbons (Fsp3) is 0.438. The summed E-state index contributed by atoms with van der Waals surface area (Å²) in [5.74, 6) is 0. The predicted octanol–water partition coefficient (Wildman–Crippen LogP) is 3.20. The largest absolute Gasteiger partial charge is 0.366 e. The van der Waals surface area contributed by atoms with Gasteiger partial charge in [0.05, 0.1) is 0 Å². The zero-order chi connectivity index (χ0) is 13.9. The molecule has 4 heteroatoms. The lowest BCUT2D eigenvalue weighted by atomic mass is 10.1. The van der Waals surface area contributed by atoms with Gasteiger partial charge in [-0.3, -0.25) is 4.98 Å². The first-order valence-corrected chi connectivity index (χ1v) is 8.08. The molecule has 0 amide bonds. The molecule has 0 radical (unpaired) electrons. The average molecular weight is 287 g/mol. The van der Waals surface area contributed by atoms with Gasteiger partial charge in [0.1, 0.15) is 0 Å². The van der Waals surface area contributed by atoms with Crippen molar-refractivity contribution in [1.29, 1.82) is 0 Å². The van der Waals surface area contributed by atoms with E-state index in [1.165, 1.54) is 16.8 Å². The maximum absolute atomic E-state index is 4.29. The van der Waals surface area contributed by atoms with Crippen molar-refractivity contribution in [3.8, 4) is 0 Å². The van der Waals surface area contributed by atoms with Crippen LogP contribution in [-0.4, -0.2) is 17.6 Å². The zero-order valence-corrected chi connectivity index (χ0v) is 12.9. The molecule has 20 heavy (non-hydrogen) atoms. The standard InChI is InChI=1S/C16H21N3S/c1-12(2)18-10-14-9-17-6-3-15(14)19-7-4-16-13(11-19)5-8-20-16/h3,5-6,8-9,12,18H,4,7,10-11H2,1-2H3. The highest BCUT2D eigenvalue weighted by atomic mass is 32.1. The smallest absolute Gasteiger partial charge is 0.0445 e. The molecular weight excluding hydrogens is 266 g/mol. The van der Waals surface area contributed by atoms with E-state index in [-0.39, 0.29) is 0 Å². The van der Waals surface area contributed by atoms with E-state index in [2.05, 4.69) is 46.6 Å². The van der Waals surface area contributed by atoms with Gasteiger partial charge >= 0.3 is 0 Å². The Hall–Kier alpha value is -1.39. The highest BCUT2D eigenvalue weighted by Gasteiger charge is 2.19. The molecule has 3 heterocycles.